The number of carbonyl (C=O) groups is 1. The number of nitrogens with one attached hydrogen (secondary N) is 1. The summed E-state index contributed by atoms with van der Waals surface area (Å²) in [5.74, 6) is -1.14. The summed E-state index contributed by atoms with van der Waals surface area (Å²) < 4.78 is 13.4. The first-order valence-corrected chi connectivity index (χ1v) is 5.96. The molecule has 0 bridgehead atoms. The summed E-state index contributed by atoms with van der Waals surface area (Å²) in [6, 6.07) is 3.63. The van der Waals surface area contributed by atoms with Crippen LogP contribution in [0, 0.1) is 5.82 Å². The third kappa shape index (κ3) is 2.96. The SMILES string of the molecule is O=C(NC1CCCCC1)c1cc(O)ccc1F. The number of halogens is 1. The molecule has 2 rings (SSSR count). The lowest BCUT2D eigenvalue weighted by Gasteiger charge is -2.22. The molecule has 1 saturated carbocycles. The van der Waals surface area contributed by atoms with E-state index >= 15 is 0 Å². The maximum atomic E-state index is 13.4. The van der Waals surface area contributed by atoms with Gasteiger partial charge in [0.15, 0.2) is 0 Å². The van der Waals surface area contributed by atoms with E-state index in [1.807, 2.05) is 0 Å². The van der Waals surface area contributed by atoms with E-state index in [9.17, 15) is 14.3 Å². The topological polar surface area (TPSA) is 49.3 Å². The quantitative estimate of drug-likeness (QED) is 0.830. The van der Waals surface area contributed by atoms with Gasteiger partial charge in [-0.1, -0.05) is 19.3 Å². The first-order chi connectivity index (χ1) is 8.16. The van der Waals surface area contributed by atoms with Crippen LogP contribution in [0.5, 0.6) is 5.75 Å². The highest BCUT2D eigenvalue weighted by Crippen LogP contribution is 2.19. The highest BCUT2D eigenvalue weighted by atomic mass is 19.1. The van der Waals surface area contributed by atoms with Gasteiger partial charge in [-0.15, -0.1) is 0 Å². The zero-order valence-electron chi connectivity index (χ0n) is 9.58. The highest BCUT2D eigenvalue weighted by Gasteiger charge is 2.18. The average Bonchev–Trinajstić information content (AvgIpc) is 2.33. The summed E-state index contributed by atoms with van der Waals surface area (Å²) in [4.78, 5) is 11.8. The van der Waals surface area contributed by atoms with E-state index in [4.69, 9.17) is 0 Å². The van der Waals surface area contributed by atoms with Gasteiger partial charge in [-0.3, -0.25) is 4.79 Å². The average molecular weight is 237 g/mol. The van der Waals surface area contributed by atoms with Crippen LogP contribution in [0.1, 0.15) is 42.5 Å². The fourth-order valence-electron chi connectivity index (χ4n) is 2.20. The van der Waals surface area contributed by atoms with Gasteiger partial charge in [0, 0.05) is 6.04 Å². The second kappa shape index (κ2) is 5.17. The minimum Gasteiger partial charge on any atom is -0.508 e. The molecule has 1 amide bonds. The van der Waals surface area contributed by atoms with Gasteiger partial charge < -0.3 is 10.4 Å². The van der Waals surface area contributed by atoms with Crippen LogP contribution in [0.3, 0.4) is 0 Å². The van der Waals surface area contributed by atoms with Crippen LogP contribution >= 0.6 is 0 Å². The first-order valence-electron chi connectivity index (χ1n) is 5.96. The number of amides is 1. The number of hydrogen-bond donors (Lipinski definition) is 2. The Bertz CT molecular complexity index is 414. The van der Waals surface area contributed by atoms with Crippen molar-refractivity contribution in [1.82, 2.24) is 5.32 Å². The van der Waals surface area contributed by atoms with Gasteiger partial charge >= 0.3 is 0 Å². The second-order valence-corrected chi connectivity index (χ2v) is 4.47. The van der Waals surface area contributed by atoms with Crippen LogP contribution < -0.4 is 5.32 Å². The van der Waals surface area contributed by atoms with Crippen molar-refractivity contribution >= 4 is 5.91 Å². The first kappa shape index (κ1) is 11.9. The maximum Gasteiger partial charge on any atom is 0.254 e. The number of hydrogen-bond acceptors (Lipinski definition) is 2. The van der Waals surface area contributed by atoms with E-state index in [0.29, 0.717) is 0 Å². The lowest BCUT2D eigenvalue weighted by molar-refractivity contribution is 0.0923. The van der Waals surface area contributed by atoms with Crippen molar-refractivity contribution in [3.63, 3.8) is 0 Å². The summed E-state index contributed by atoms with van der Waals surface area (Å²) >= 11 is 0. The summed E-state index contributed by atoms with van der Waals surface area (Å²) in [7, 11) is 0. The van der Waals surface area contributed by atoms with Crippen LogP contribution in [-0.4, -0.2) is 17.1 Å². The Kier molecular flexibility index (Phi) is 3.61. The van der Waals surface area contributed by atoms with Crippen molar-refractivity contribution in [2.75, 3.05) is 0 Å². The minimum absolute atomic E-state index is 0.0874. The van der Waals surface area contributed by atoms with E-state index in [1.54, 1.807) is 0 Å². The monoisotopic (exact) mass is 237 g/mol. The van der Waals surface area contributed by atoms with Gasteiger partial charge in [0.2, 0.25) is 0 Å². The Labute approximate surface area is 99.7 Å². The molecule has 0 spiro atoms. The van der Waals surface area contributed by atoms with Gasteiger partial charge in [0.05, 0.1) is 5.56 Å². The zero-order chi connectivity index (χ0) is 12.3. The molecule has 1 fully saturated rings. The highest BCUT2D eigenvalue weighted by molar-refractivity contribution is 5.95. The predicted octanol–water partition coefficient (Wildman–Crippen LogP) is 2.59. The molecule has 1 aromatic rings. The van der Waals surface area contributed by atoms with Crippen molar-refractivity contribution < 1.29 is 14.3 Å². The van der Waals surface area contributed by atoms with Crippen molar-refractivity contribution in [3.05, 3.63) is 29.6 Å². The number of benzene rings is 1. The van der Waals surface area contributed by atoms with Crippen LogP contribution in [0.4, 0.5) is 4.39 Å². The standard InChI is InChI=1S/C13H16FNO2/c14-12-7-6-10(16)8-11(12)13(17)15-9-4-2-1-3-5-9/h6-9,16H,1-5H2,(H,15,17). The minimum atomic E-state index is -0.601. The van der Waals surface area contributed by atoms with Crippen molar-refractivity contribution in [3.8, 4) is 5.75 Å². The summed E-state index contributed by atoms with van der Waals surface area (Å²) in [6.45, 7) is 0. The molecule has 1 aliphatic rings. The molecule has 2 N–H and O–H groups in total. The predicted molar refractivity (Wildman–Crippen MR) is 62.4 cm³/mol. The number of aromatic hydroxyl groups is 1. The molecule has 0 heterocycles. The summed E-state index contributed by atoms with van der Waals surface area (Å²) in [6.07, 6.45) is 5.31. The van der Waals surface area contributed by atoms with E-state index in [2.05, 4.69) is 5.32 Å². The Balaban J connectivity index is 2.05. The molecule has 17 heavy (non-hydrogen) atoms. The lowest BCUT2D eigenvalue weighted by Crippen LogP contribution is -2.36. The molecular formula is C13H16FNO2. The Morgan fingerprint density at radius 1 is 1.29 bits per heavy atom. The van der Waals surface area contributed by atoms with E-state index in [1.165, 1.54) is 12.5 Å². The molecule has 0 unspecified atom stereocenters. The molecule has 1 aromatic carbocycles. The maximum absolute atomic E-state index is 13.4. The molecule has 0 aliphatic heterocycles. The molecule has 0 radical (unpaired) electrons. The van der Waals surface area contributed by atoms with Gasteiger partial charge in [-0.2, -0.15) is 0 Å². The Morgan fingerprint density at radius 2 is 2.00 bits per heavy atom. The lowest BCUT2D eigenvalue weighted by atomic mass is 9.95. The van der Waals surface area contributed by atoms with Crippen LogP contribution in [0.2, 0.25) is 0 Å². The van der Waals surface area contributed by atoms with Crippen molar-refractivity contribution in [1.29, 1.82) is 0 Å². The fourth-order valence-corrected chi connectivity index (χ4v) is 2.20. The Hall–Kier alpha value is -1.58. The summed E-state index contributed by atoms with van der Waals surface area (Å²) in [5.41, 5.74) is -0.0874. The molecule has 4 heteroatoms. The van der Waals surface area contributed by atoms with E-state index in [0.717, 1.165) is 37.8 Å². The summed E-state index contributed by atoms with van der Waals surface area (Å²) in [5, 5.41) is 12.1. The zero-order valence-corrected chi connectivity index (χ0v) is 9.58. The van der Waals surface area contributed by atoms with Gasteiger partial charge in [-0.05, 0) is 31.0 Å². The van der Waals surface area contributed by atoms with E-state index in [-0.39, 0.29) is 17.4 Å². The van der Waals surface area contributed by atoms with Crippen LogP contribution in [0.15, 0.2) is 18.2 Å². The van der Waals surface area contributed by atoms with Crippen LogP contribution in [0.25, 0.3) is 0 Å². The fraction of sp³-hybridized carbons (Fsp3) is 0.462. The largest absolute Gasteiger partial charge is 0.508 e. The number of phenolic OH excluding ortho intramolecular Hbond substituents is 1. The smallest absolute Gasteiger partial charge is 0.254 e. The Morgan fingerprint density at radius 3 is 2.71 bits per heavy atom. The van der Waals surface area contributed by atoms with Gasteiger partial charge in [0.1, 0.15) is 11.6 Å². The normalized spacial score (nSPS) is 16.8. The molecular weight excluding hydrogens is 221 g/mol. The number of carbonyl (C=O) groups excluding carboxylic acids is 1. The van der Waals surface area contributed by atoms with E-state index < -0.39 is 11.7 Å². The molecule has 3 nitrogen and oxygen atoms in total. The van der Waals surface area contributed by atoms with Gasteiger partial charge in [-0.25, -0.2) is 4.39 Å². The number of rotatable bonds is 2. The second-order valence-electron chi connectivity index (χ2n) is 4.47. The van der Waals surface area contributed by atoms with Gasteiger partial charge in [0.25, 0.3) is 5.91 Å². The van der Waals surface area contributed by atoms with Crippen LogP contribution in [-0.2, 0) is 0 Å². The molecule has 0 saturated heterocycles. The molecule has 92 valence electrons. The molecule has 1 aliphatic carbocycles. The number of phenols is 1. The third-order valence-electron chi connectivity index (χ3n) is 3.13. The third-order valence-corrected chi connectivity index (χ3v) is 3.13. The molecule has 0 aromatic heterocycles. The van der Waals surface area contributed by atoms with Crippen molar-refractivity contribution in [2.45, 2.75) is 38.1 Å². The molecule has 0 atom stereocenters. The van der Waals surface area contributed by atoms with Crippen molar-refractivity contribution in [2.24, 2.45) is 0 Å².